The molecule has 2 fully saturated rings. The van der Waals surface area contributed by atoms with Crippen LogP contribution in [-0.4, -0.2) is 72.2 Å². The summed E-state index contributed by atoms with van der Waals surface area (Å²) in [6.07, 6.45) is -10.00. The Balaban J connectivity index is 1.67. The summed E-state index contributed by atoms with van der Waals surface area (Å²) in [7, 11) is 2.89. The lowest BCUT2D eigenvalue weighted by Gasteiger charge is -2.43. The third-order valence-electron chi connectivity index (χ3n) is 7.60. The largest absolute Gasteiger partial charge is 0.416 e. The Labute approximate surface area is 241 Å². The minimum Gasteiger partial charge on any atom is -0.345 e. The number of likely N-dealkylation sites (tertiary alicyclic amines) is 2. The number of nitrogens with zero attached hydrogens (tertiary/aromatic N) is 3. The smallest absolute Gasteiger partial charge is 0.345 e. The van der Waals surface area contributed by atoms with Gasteiger partial charge >= 0.3 is 12.4 Å². The number of piperidine rings is 1. The van der Waals surface area contributed by atoms with E-state index in [1.165, 1.54) is 18.0 Å². The topological polar surface area (TPSA) is 60.9 Å². The highest BCUT2D eigenvalue weighted by molar-refractivity contribution is 6.42. The summed E-state index contributed by atoms with van der Waals surface area (Å²) in [6, 6.07) is 4.74. The number of halogens is 8. The van der Waals surface area contributed by atoms with Gasteiger partial charge in [-0.2, -0.15) is 26.3 Å². The maximum atomic E-state index is 13.4. The lowest BCUT2D eigenvalue weighted by atomic mass is 9.84. The molecule has 2 aromatic rings. The monoisotopic (exact) mass is 623 g/mol. The maximum absolute atomic E-state index is 13.4. The van der Waals surface area contributed by atoms with E-state index in [9.17, 15) is 40.7 Å². The predicted octanol–water partition coefficient (Wildman–Crippen LogP) is 5.97. The van der Waals surface area contributed by atoms with Crippen molar-refractivity contribution in [1.82, 2.24) is 14.7 Å². The van der Waals surface area contributed by atoms with Gasteiger partial charge in [0.05, 0.1) is 27.1 Å². The molecule has 0 saturated carbocycles. The zero-order valence-electron chi connectivity index (χ0n) is 21.8. The molecule has 222 valence electrons. The Kier molecular flexibility index (Phi) is 8.57. The van der Waals surface area contributed by atoms with Gasteiger partial charge in [0.1, 0.15) is 0 Å². The molecule has 2 aromatic carbocycles. The average Bonchev–Trinajstić information content (AvgIpc) is 3.25. The Morgan fingerprint density at radius 3 is 2.05 bits per heavy atom. The van der Waals surface area contributed by atoms with E-state index < -0.39 is 52.8 Å². The molecule has 2 aliphatic rings. The van der Waals surface area contributed by atoms with Gasteiger partial charge in [-0.1, -0.05) is 29.3 Å². The van der Waals surface area contributed by atoms with Gasteiger partial charge in [0.2, 0.25) is 11.8 Å². The fourth-order valence-electron chi connectivity index (χ4n) is 5.39. The third kappa shape index (κ3) is 6.58. The summed E-state index contributed by atoms with van der Waals surface area (Å²) in [5.74, 6) is -2.63. The first kappa shape index (κ1) is 31.0. The third-order valence-corrected chi connectivity index (χ3v) is 8.34. The van der Waals surface area contributed by atoms with E-state index in [-0.39, 0.29) is 60.4 Å². The van der Waals surface area contributed by atoms with Crippen molar-refractivity contribution in [1.29, 1.82) is 0 Å². The molecule has 0 radical (unpaired) electrons. The van der Waals surface area contributed by atoms with Crippen LogP contribution in [0.15, 0.2) is 36.4 Å². The van der Waals surface area contributed by atoms with E-state index in [0.29, 0.717) is 17.7 Å². The minimum absolute atomic E-state index is 0.0371. The van der Waals surface area contributed by atoms with Crippen molar-refractivity contribution in [3.8, 4) is 0 Å². The average molecular weight is 624 g/mol. The van der Waals surface area contributed by atoms with Gasteiger partial charge < -0.3 is 14.7 Å². The molecule has 4 rings (SSSR count). The van der Waals surface area contributed by atoms with E-state index in [2.05, 4.69) is 0 Å². The first-order valence-electron chi connectivity index (χ1n) is 12.5. The first-order valence-corrected chi connectivity index (χ1v) is 13.3. The van der Waals surface area contributed by atoms with Crippen molar-refractivity contribution in [3.63, 3.8) is 0 Å². The van der Waals surface area contributed by atoms with Crippen molar-refractivity contribution >= 4 is 40.9 Å². The van der Waals surface area contributed by atoms with Crippen LogP contribution in [0.2, 0.25) is 10.0 Å². The Bertz CT molecular complexity index is 1330. The highest BCUT2D eigenvalue weighted by atomic mass is 35.5. The van der Waals surface area contributed by atoms with Crippen LogP contribution in [0.5, 0.6) is 0 Å². The van der Waals surface area contributed by atoms with Crippen LogP contribution < -0.4 is 0 Å². The Morgan fingerprint density at radius 1 is 0.927 bits per heavy atom. The SMILES string of the molecule is CN1CC(C(=O)N2CC[C@@H](N(C)C(=O)c3cc(C(F)(F)F)cc(C(F)(F)F)c3)[C@H](c3ccc(Cl)c(Cl)c3)C2)CC1=O. The van der Waals surface area contributed by atoms with Crippen LogP contribution in [0, 0.1) is 5.92 Å². The molecule has 0 aliphatic carbocycles. The second-order valence-electron chi connectivity index (χ2n) is 10.3. The summed E-state index contributed by atoms with van der Waals surface area (Å²) in [5, 5.41) is 0.437. The van der Waals surface area contributed by atoms with Crippen LogP contribution in [0.3, 0.4) is 0 Å². The molecule has 3 amide bonds. The van der Waals surface area contributed by atoms with Gasteiger partial charge in [0, 0.05) is 57.7 Å². The highest BCUT2D eigenvalue weighted by Crippen LogP contribution is 2.38. The summed E-state index contributed by atoms with van der Waals surface area (Å²) < 4.78 is 80.6. The zero-order chi connectivity index (χ0) is 30.4. The molecule has 1 unspecified atom stereocenters. The number of hydrogen-bond donors (Lipinski definition) is 0. The van der Waals surface area contributed by atoms with E-state index >= 15 is 0 Å². The number of carbonyl (C=O) groups is 3. The highest BCUT2D eigenvalue weighted by Gasteiger charge is 2.42. The van der Waals surface area contributed by atoms with Crippen LogP contribution >= 0.6 is 23.2 Å². The second-order valence-corrected chi connectivity index (χ2v) is 11.1. The molecule has 2 saturated heterocycles. The lowest BCUT2D eigenvalue weighted by Crippen LogP contribution is -2.53. The molecule has 0 spiro atoms. The second kappa shape index (κ2) is 11.4. The fraction of sp³-hybridized carbons (Fsp3) is 0.444. The van der Waals surface area contributed by atoms with Gasteiger partial charge in [0.15, 0.2) is 0 Å². The van der Waals surface area contributed by atoms with Crippen molar-refractivity contribution < 1.29 is 40.7 Å². The molecular formula is C27H25Cl2F6N3O3. The molecule has 14 heteroatoms. The molecule has 2 heterocycles. The van der Waals surface area contributed by atoms with Gasteiger partial charge in [-0.25, -0.2) is 0 Å². The lowest BCUT2D eigenvalue weighted by molar-refractivity contribution is -0.143. The zero-order valence-corrected chi connectivity index (χ0v) is 23.3. The molecule has 0 bridgehead atoms. The molecule has 41 heavy (non-hydrogen) atoms. The van der Waals surface area contributed by atoms with E-state index in [1.54, 1.807) is 24.1 Å². The van der Waals surface area contributed by atoms with E-state index in [0.717, 1.165) is 4.90 Å². The van der Waals surface area contributed by atoms with Crippen LogP contribution in [0.1, 0.15) is 45.8 Å². The van der Waals surface area contributed by atoms with E-state index in [4.69, 9.17) is 23.2 Å². The fourth-order valence-corrected chi connectivity index (χ4v) is 5.70. The van der Waals surface area contributed by atoms with E-state index in [1.807, 2.05) is 0 Å². The quantitative estimate of drug-likeness (QED) is 0.395. The van der Waals surface area contributed by atoms with Gasteiger partial charge in [-0.15, -0.1) is 0 Å². The maximum Gasteiger partial charge on any atom is 0.416 e. The standard InChI is InChI=1S/C27H25Cl2F6N3O3/c1-36-12-16(10-23(36)39)25(41)38-6-5-22(19(13-38)14-3-4-20(28)21(29)9-14)37(2)24(40)15-7-17(26(30,31)32)11-18(8-15)27(33,34)35/h3-4,7-9,11,16,19,22H,5-6,10,12-13H2,1-2H3/t16?,19-,22+/m0/s1. The van der Waals surface area contributed by atoms with Gasteiger partial charge in [-0.05, 0) is 42.3 Å². The number of likely N-dealkylation sites (N-methyl/N-ethyl adjacent to an activating group) is 1. The predicted molar refractivity (Wildman–Crippen MR) is 138 cm³/mol. The van der Waals surface area contributed by atoms with Crippen molar-refractivity contribution in [2.45, 2.75) is 37.2 Å². The Morgan fingerprint density at radius 2 is 1.54 bits per heavy atom. The number of alkyl halides is 6. The normalized spacial score (nSPS) is 21.8. The summed E-state index contributed by atoms with van der Waals surface area (Å²) in [4.78, 5) is 42.8. The molecule has 2 aliphatic heterocycles. The van der Waals surface area contributed by atoms with Gasteiger partial charge in [0.25, 0.3) is 5.91 Å². The van der Waals surface area contributed by atoms with Crippen molar-refractivity contribution in [2.75, 3.05) is 33.7 Å². The molecular weight excluding hydrogens is 599 g/mol. The minimum atomic E-state index is -5.11. The Hall–Kier alpha value is -2.99. The van der Waals surface area contributed by atoms with Gasteiger partial charge in [-0.3, -0.25) is 14.4 Å². The van der Waals surface area contributed by atoms with Crippen LogP contribution in [0.25, 0.3) is 0 Å². The van der Waals surface area contributed by atoms with Crippen LogP contribution in [-0.2, 0) is 21.9 Å². The van der Waals surface area contributed by atoms with Crippen molar-refractivity contribution in [3.05, 3.63) is 68.7 Å². The molecule has 6 nitrogen and oxygen atoms in total. The molecule has 0 aromatic heterocycles. The molecule has 0 N–H and O–H groups in total. The number of carbonyl (C=O) groups excluding carboxylic acids is 3. The van der Waals surface area contributed by atoms with Crippen LogP contribution in [0.4, 0.5) is 26.3 Å². The number of amides is 3. The summed E-state index contributed by atoms with van der Waals surface area (Å²) in [6.45, 7) is 0.484. The van der Waals surface area contributed by atoms with Crippen molar-refractivity contribution in [2.24, 2.45) is 5.92 Å². The number of hydrogen-bond acceptors (Lipinski definition) is 3. The number of rotatable bonds is 4. The molecule has 3 atom stereocenters. The first-order chi connectivity index (χ1) is 19.0. The summed E-state index contributed by atoms with van der Waals surface area (Å²) in [5.41, 5.74) is -3.39. The number of benzene rings is 2. The summed E-state index contributed by atoms with van der Waals surface area (Å²) >= 11 is 12.3.